The molecule has 1 aliphatic carbocycles. The maximum Gasteiger partial charge on any atom is 0.416 e. The number of hydrogen-bond donors (Lipinski definition) is 0. The van der Waals surface area contributed by atoms with Gasteiger partial charge in [0.15, 0.2) is 0 Å². The molecular formula is C21H18F3N. The summed E-state index contributed by atoms with van der Waals surface area (Å²) in [7, 11) is 0. The molecule has 0 atom stereocenters. The van der Waals surface area contributed by atoms with Gasteiger partial charge in [-0.1, -0.05) is 36.8 Å². The van der Waals surface area contributed by atoms with Crippen LogP contribution in [0.2, 0.25) is 0 Å². The summed E-state index contributed by atoms with van der Waals surface area (Å²) >= 11 is 0. The predicted molar refractivity (Wildman–Crippen MR) is 93.4 cm³/mol. The van der Waals surface area contributed by atoms with Crippen molar-refractivity contribution in [3.05, 3.63) is 65.4 Å². The van der Waals surface area contributed by atoms with Crippen molar-refractivity contribution < 1.29 is 13.2 Å². The zero-order valence-electron chi connectivity index (χ0n) is 13.7. The molecule has 4 heteroatoms. The monoisotopic (exact) mass is 341 g/mol. The fourth-order valence-electron chi connectivity index (χ4n) is 3.71. The van der Waals surface area contributed by atoms with Crippen molar-refractivity contribution in [1.29, 1.82) is 0 Å². The Balaban J connectivity index is 2.06. The Kier molecular flexibility index (Phi) is 3.98. The molecule has 1 heterocycles. The molecule has 0 radical (unpaired) electrons. The fourth-order valence-corrected chi connectivity index (χ4v) is 3.71. The van der Waals surface area contributed by atoms with Crippen LogP contribution in [0.1, 0.15) is 36.1 Å². The van der Waals surface area contributed by atoms with Gasteiger partial charge in [-0.05, 0) is 60.6 Å². The largest absolute Gasteiger partial charge is 0.416 e. The predicted octanol–water partition coefficient (Wildman–Crippen LogP) is 6.19. The Morgan fingerprint density at radius 1 is 0.840 bits per heavy atom. The lowest BCUT2D eigenvalue weighted by atomic mass is 9.91. The highest BCUT2D eigenvalue weighted by Gasteiger charge is 2.31. The first kappa shape index (κ1) is 16.1. The van der Waals surface area contributed by atoms with Gasteiger partial charge in [-0.15, -0.1) is 0 Å². The van der Waals surface area contributed by atoms with E-state index in [1.807, 2.05) is 30.3 Å². The number of aromatic nitrogens is 1. The molecule has 25 heavy (non-hydrogen) atoms. The van der Waals surface area contributed by atoms with Gasteiger partial charge in [0.05, 0.1) is 11.1 Å². The van der Waals surface area contributed by atoms with Gasteiger partial charge in [-0.25, -0.2) is 0 Å². The number of fused-ring (bicyclic) bond motifs is 2. The van der Waals surface area contributed by atoms with Crippen LogP contribution in [0.25, 0.3) is 22.0 Å². The Labute approximate surface area is 144 Å². The van der Waals surface area contributed by atoms with Gasteiger partial charge < -0.3 is 0 Å². The van der Waals surface area contributed by atoms with Crippen molar-refractivity contribution in [2.45, 2.75) is 38.3 Å². The molecule has 0 spiro atoms. The number of aryl methyl sites for hydroxylation is 1. The molecule has 0 unspecified atom stereocenters. The number of rotatable bonds is 1. The van der Waals surface area contributed by atoms with E-state index in [2.05, 4.69) is 0 Å². The lowest BCUT2D eigenvalue weighted by Gasteiger charge is -2.17. The highest BCUT2D eigenvalue weighted by Crippen LogP contribution is 2.39. The van der Waals surface area contributed by atoms with Crippen molar-refractivity contribution in [2.24, 2.45) is 0 Å². The van der Waals surface area contributed by atoms with Crippen LogP contribution in [0.15, 0.2) is 48.5 Å². The summed E-state index contributed by atoms with van der Waals surface area (Å²) in [6.45, 7) is 0. The highest BCUT2D eigenvalue weighted by molar-refractivity contribution is 5.97. The minimum Gasteiger partial charge on any atom is -0.253 e. The Hall–Kier alpha value is -2.36. The molecule has 0 aliphatic heterocycles. The zero-order valence-corrected chi connectivity index (χ0v) is 13.7. The summed E-state index contributed by atoms with van der Waals surface area (Å²) in [5.41, 5.74) is 4.08. The van der Waals surface area contributed by atoms with E-state index in [0.29, 0.717) is 10.9 Å². The summed E-state index contributed by atoms with van der Waals surface area (Å²) < 4.78 is 39.7. The van der Waals surface area contributed by atoms with E-state index in [4.69, 9.17) is 4.98 Å². The summed E-state index contributed by atoms with van der Waals surface area (Å²) in [5, 5.41) is 0.599. The van der Waals surface area contributed by atoms with Gasteiger partial charge in [0.1, 0.15) is 0 Å². The lowest BCUT2D eigenvalue weighted by molar-refractivity contribution is -0.137. The molecule has 1 aromatic heterocycles. The van der Waals surface area contributed by atoms with Crippen LogP contribution in [-0.4, -0.2) is 4.98 Å². The van der Waals surface area contributed by atoms with Gasteiger partial charge in [-0.3, -0.25) is 4.98 Å². The molecule has 0 fully saturated rings. The number of benzene rings is 2. The fraction of sp³-hybridized carbons (Fsp3) is 0.286. The van der Waals surface area contributed by atoms with E-state index < -0.39 is 11.7 Å². The van der Waals surface area contributed by atoms with Crippen molar-refractivity contribution in [1.82, 2.24) is 4.98 Å². The van der Waals surface area contributed by atoms with Crippen LogP contribution >= 0.6 is 0 Å². The number of alkyl halides is 3. The first-order chi connectivity index (χ1) is 12.0. The molecule has 4 rings (SSSR count). The zero-order chi connectivity index (χ0) is 17.4. The van der Waals surface area contributed by atoms with Crippen LogP contribution in [-0.2, 0) is 19.0 Å². The van der Waals surface area contributed by atoms with E-state index in [-0.39, 0.29) is 0 Å². The molecule has 3 aromatic rings. The molecule has 1 nitrogen and oxygen atoms in total. The summed E-state index contributed by atoms with van der Waals surface area (Å²) in [4.78, 5) is 4.72. The number of pyridine rings is 1. The summed E-state index contributed by atoms with van der Waals surface area (Å²) in [6.07, 6.45) is 0.688. The second-order valence-electron chi connectivity index (χ2n) is 6.57. The van der Waals surface area contributed by atoms with Crippen molar-refractivity contribution in [3.63, 3.8) is 0 Å². The number of hydrogen-bond acceptors (Lipinski definition) is 1. The number of halogens is 3. The average molecular weight is 341 g/mol. The average Bonchev–Trinajstić information content (AvgIpc) is 2.84. The molecule has 128 valence electrons. The second-order valence-corrected chi connectivity index (χ2v) is 6.57. The molecule has 1 aliphatic rings. The maximum absolute atomic E-state index is 13.2. The lowest BCUT2D eigenvalue weighted by Crippen LogP contribution is -2.06. The summed E-state index contributed by atoms with van der Waals surface area (Å²) in [5.74, 6) is 0. The molecule has 0 N–H and O–H groups in total. The van der Waals surface area contributed by atoms with Crippen LogP contribution in [0.4, 0.5) is 13.2 Å². The second kappa shape index (κ2) is 6.17. The van der Waals surface area contributed by atoms with E-state index in [1.54, 1.807) is 0 Å². The van der Waals surface area contributed by atoms with Crippen molar-refractivity contribution >= 4 is 10.9 Å². The normalized spacial score (nSPS) is 15.0. The van der Waals surface area contributed by atoms with Crippen LogP contribution in [0.5, 0.6) is 0 Å². The van der Waals surface area contributed by atoms with Crippen LogP contribution in [0, 0.1) is 0 Å². The van der Waals surface area contributed by atoms with Crippen molar-refractivity contribution in [3.8, 4) is 11.1 Å². The third-order valence-electron chi connectivity index (χ3n) is 4.90. The Morgan fingerprint density at radius 2 is 1.60 bits per heavy atom. The third-order valence-corrected chi connectivity index (χ3v) is 4.90. The molecule has 0 bridgehead atoms. The standard InChI is InChI=1S/C21H18F3N/c22-21(23,24)15-11-12-19-17(13-15)20(14-7-3-1-4-8-14)16-9-5-2-6-10-18(16)25-19/h1,3-4,7-8,11-13H,2,5-6,9-10H2. The van der Waals surface area contributed by atoms with E-state index >= 15 is 0 Å². The quantitative estimate of drug-likeness (QED) is 0.481. The maximum atomic E-state index is 13.2. The van der Waals surface area contributed by atoms with E-state index in [9.17, 15) is 13.2 Å². The minimum absolute atomic E-state index is 0.599. The van der Waals surface area contributed by atoms with Gasteiger partial charge in [-0.2, -0.15) is 13.2 Å². The third kappa shape index (κ3) is 3.01. The molecule has 2 aromatic carbocycles. The van der Waals surface area contributed by atoms with Crippen LogP contribution < -0.4 is 0 Å². The molecule has 0 saturated carbocycles. The first-order valence-electron chi connectivity index (χ1n) is 8.62. The van der Waals surface area contributed by atoms with Gasteiger partial charge in [0.2, 0.25) is 0 Å². The van der Waals surface area contributed by atoms with E-state index in [0.717, 1.165) is 60.6 Å². The first-order valence-corrected chi connectivity index (χ1v) is 8.62. The Bertz CT molecular complexity index is 914. The van der Waals surface area contributed by atoms with Crippen LogP contribution in [0.3, 0.4) is 0 Å². The smallest absolute Gasteiger partial charge is 0.253 e. The number of nitrogens with zero attached hydrogens (tertiary/aromatic N) is 1. The minimum atomic E-state index is -4.35. The van der Waals surface area contributed by atoms with Gasteiger partial charge in [0, 0.05) is 11.1 Å². The topological polar surface area (TPSA) is 12.9 Å². The van der Waals surface area contributed by atoms with Gasteiger partial charge >= 0.3 is 6.18 Å². The molecule has 0 saturated heterocycles. The molecular weight excluding hydrogens is 323 g/mol. The highest BCUT2D eigenvalue weighted by atomic mass is 19.4. The summed E-state index contributed by atoms with van der Waals surface area (Å²) in [6, 6.07) is 13.6. The Morgan fingerprint density at radius 3 is 2.36 bits per heavy atom. The molecule has 0 amide bonds. The van der Waals surface area contributed by atoms with E-state index in [1.165, 1.54) is 12.1 Å². The van der Waals surface area contributed by atoms with Crippen molar-refractivity contribution in [2.75, 3.05) is 0 Å². The SMILES string of the molecule is FC(F)(F)c1ccc2nc3c(c(-c4ccccc4)c2c1)CCCCC3. The van der Waals surface area contributed by atoms with Gasteiger partial charge in [0.25, 0.3) is 0 Å².